The van der Waals surface area contributed by atoms with Gasteiger partial charge in [-0.2, -0.15) is 0 Å². The van der Waals surface area contributed by atoms with Gasteiger partial charge < -0.3 is 5.32 Å². The van der Waals surface area contributed by atoms with Crippen molar-refractivity contribution in [2.24, 2.45) is 0 Å². The number of aryl methyl sites for hydroxylation is 3. The molecule has 1 amide bonds. The lowest BCUT2D eigenvalue weighted by molar-refractivity contribution is -0.119. The molecule has 2 nitrogen and oxygen atoms in total. The SMILES string of the molecule is CCC(NC(=O)CSCc1cc(C)cc(C)c1)c1ccc(C)cc1. The zero-order valence-electron chi connectivity index (χ0n) is 15.1. The zero-order valence-corrected chi connectivity index (χ0v) is 15.9. The first-order valence-corrected chi connectivity index (χ1v) is 9.64. The highest BCUT2D eigenvalue weighted by atomic mass is 32.2. The van der Waals surface area contributed by atoms with Crippen molar-refractivity contribution in [2.75, 3.05) is 5.75 Å². The molecule has 0 aliphatic rings. The second kappa shape index (κ2) is 8.93. The van der Waals surface area contributed by atoms with E-state index in [0.29, 0.717) is 5.75 Å². The number of rotatable bonds is 7. The second-order valence-electron chi connectivity index (χ2n) is 6.43. The van der Waals surface area contributed by atoms with Gasteiger partial charge in [-0.15, -0.1) is 11.8 Å². The monoisotopic (exact) mass is 341 g/mol. The minimum absolute atomic E-state index is 0.0971. The normalized spacial score (nSPS) is 12.0. The van der Waals surface area contributed by atoms with Crippen LogP contribution in [0, 0.1) is 20.8 Å². The Hall–Kier alpha value is -1.74. The number of nitrogens with one attached hydrogen (secondary N) is 1. The highest BCUT2D eigenvalue weighted by Gasteiger charge is 2.12. The molecule has 0 saturated heterocycles. The third-order valence-corrected chi connectivity index (χ3v) is 5.01. The van der Waals surface area contributed by atoms with E-state index in [0.717, 1.165) is 12.2 Å². The third kappa shape index (κ3) is 5.72. The maximum absolute atomic E-state index is 12.2. The van der Waals surface area contributed by atoms with E-state index in [4.69, 9.17) is 0 Å². The van der Waals surface area contributed by atoms with Crippen molar-refractivity contribution in [3.8, 4) is 0 Å². The van der Waals surface area contributed by atoms with Gasteiger partial charge in [0.25, 0.3) is 0 Å². The average molecular weight is 342 g/mol. The lowest BCUT2D eigenvalue weighted by Crippen LogP contribution is -2.29. The van der Waals surface area contributed by atoms with Crippen molar-refractivity contribution in [3.05, 3.63) is 70.3 Å². The molecule has 0 saturated carbocycles. The van der Waals surface area contributed by atoms with Crippen molar-refractivity contribution >= 4 is 17.7 Å². The van der Waals surface area contributed by atoms with Crippen LogP contribution in [0.15, 0.2) is 42.5 Å². The molecule has 0 fully saturated rings. The Morgan fingerprint density at radius 1 is 1.00 bits per heavy atom. The Kier molecular flexibility index (Phi) is 6.92. The summed E-state index contributed by atoms with van der Waals surface area (Å²) in [6.07, 6.45) is 0.899. The summed E-state index contributed by atoms with van der Waals surface area (Å²) in [6, 6.07) is 15.1. The lowest BCUT2D eigenvalue weighted by Gasteiger charge is -2.17. The Labute approximate surface area is 150 Å². The van der Waals surface area contributed by atoms with Crippen molar-refractivity contribution in [2.45, 2.75) is 45.9 Å². The van der Waals surface area contributed by atoms with Crippen LogP contribution in [-0.4, -0.2) is 11.7 Å². The number of carbonyl (C=O) groups is 1. The highest BCUT2D eigenvalue weighted by Crippen LogP contribution is 2.19. The Morgan fingerprint density at radius 3 is 2.21 bits per heavy atom. The molecule has 2 aromatic carbocycles. The van der Waals surface area contributed by atoms with Gasteiger partial charge >= 0.3 is 0 Å². The van der Waals surface area contributed by atoms with Crippen LogP contribution in [0.5, 0.6) is 0 Å². The maximum atomic E-state index is 12.2. The topological polar surface area (TPSA) is 29.1 Å². The van der Waals surface area contributed by atoms with E-state index in [2.05, 4.69) is 75.5 Å². The standard InChI is InChI=1S/C21H27NOS/c1-5-20(19-8-6-15(2)7-9-19)22-21(23)14-24-13-18-11-16(3)10-17(4)12-18/h6-12,20H,5,13-14H2,1-4H3,(H,22,23). The van der Waals surface area contributed by atoms with Crippen LogP contribution < -0.4 is 5.32 Å². The molecule has 0 aliphatic carbocycles. The first-order valence-electron chi connectivity index (χ1n) is 8.48. The molecule has 0 heterocycles. The molecule has 1 unspecified atom stereocenters. The maximum Gasteiger partial charge on any atom is 0.230 e. The van der Waals surface area contributed by atoms with E-state index < -0.39 is 0 Å². The molecule has 0 bridgehead atoms. The Bertz CT molecular complexity index is 658. The van der Waals surface area contributed by atoms with Crippen LogP contribution in [0.4, 0.5) is 0 Å². The number of thioether (sulfide) groups is 1. The van der Waals surface area contributed by atoms with Crippen molar-refractivity contribution in [3.63, 3.8) is 0 Å². The average Bonchev–Trinajstić information content (AvgIpc) is 2.52. The van der Waals surface area contributed by atoms with Gasteiger partial charge in [0, 0.05) is 5.75 Å². The predicted octanol–water partition coefficient (Wildman–Crippen LogP) is 5.11. The van der Waals surface area contributed by atoms with E-state index in [1.165, 1.54) is 27.8 Å². The number of hydrogen-bond donors (Lipinski definition) is 1. The van der Waals surface area contributed by atoms with Crippen LogP contribution in [-0.2, 0) is 10.5 Å². The van der Waals surface area contributed by atoms with Crippen LogP contribution in [0.25, 0.3) is 0 Å². The van der Waals surface area contributed by atoms with E-state index in [-0.39, 0.29) is 11.9 Å². The largest absolute Gasteiger partial charge is 0.349 e. The predicted molar refractivity (Wildman–Crippen MR) is 104 cm³/mol. The molecule has 128 valence electrons. The van der Waals surface area contributed by atoms with Crippen molar-refractivity contribution < 1.29 is 4.79 Å². The van der Waals surface area contributed by atoms with Gasteiger partial charge in [-0.3, -0.25) is 4.79 Å². The summed E-state index contributed by atoms with van der Waals surface area (Å²) >= 11 is 1.67. The lowest BCUT2D eigenvalue weighted by atomic mass is 10.0. The quantitative estimate of drug-likeness (QED) is 0.758. The molecule has 1 atom stereocenters. The van der Waals surface area contributed by atoms with E-state index in [1.807, 2.05) is 0 Å². The van der Waals surface area contributed by atoms with Gasteiger partial charge in [0.2, 0.25) is 5.91 Å². The molecule has 0 radical (unpaired) electrons. The first-order chi connectivity index (χ1) is 11.5. The van der Waals surface area contributed by atoms with Crippen LogP contribution in [0.1, 0.15) is 47.2 Å². The van der Waals surface area contributed by atoms with Crippen LogP contribution in [0.2, 0.25) is 0 Å². The summed E-state index contributed by atoms with van der Waals surface area (Å²) in [5.41, 5.74) is 6.26. The van der Waals surface area contributed by atoms with Crippen LogP contribution >= 0.6 is 11.8 Å². The third-order valence-electron chi connectivity index (χ3n) is 4.01. The molecule has 3 heteroatoms. The summed E-state index contributed by atoms with van der Waals surface area (Å²) in [4.78, 5) is 12.2. The molecule has 2 rings (SSSR count). The second-order valence-corrected chi connectivity index (χ2v) is 7.41. The minimum atomic E-state index is 0.0971. The highest BCUT2D eigenvalue weighted by molar-refractivity contribution is 7.99. The number of amides is 1. The fourth-order valence-corrected chi connectivity index (χ4v) is 3.64. The molecule has 24 heavy (non-hydrogen) atoms. The summed E-state index contributed by atoms with van der Waals surface area (Å²) in [6.45, 7) is 8.41. The van der Waals surface area contributed by atoms with E-state index in [1.54, 1.807) is 11.8 Å². The molecule has 2 aromatic rings. The molecular weight excluding hydrogens is 314 g/mol. The van der Waals surface area contributed by atoms with Gasteiger partial charge in [-0.05, 0) is 38.3 Å². The molecule has 1 N–H and O–H groups in total. The smallest absolute Gasteiger partial charge is 0.230 e. The first kappa shape index (κ1) is 18.6. The van der Waals surface area contributed by atoms with Crippen molar-refractivity contribution in [1.29, 1.82) is 0 Å². The van der Waals surface area contributed by atoms with Gasteiger partial charge in [0.05, 0.1) is 11.8 Å². The summed E-state index contributed by atoms with van der Waals surface area (Å²) in [5, 5.41) is 3.15. The van der Waals surface area contributed by atoms with E-state index >= 15 is 0 Å². The Balaban J connectivity index is 1.84. The zero-order chi connectivity index (χ0) is 17.5. The summed E-state index contributed by atoms with van der Waals surface area (Å²) in [7, 11) is 0. The fraction of sp³-hybridized carbons (Fsp3) is 0.381. The minimum Gasteiger partial charge on any atom is -0.349 e. The van der Waals surface area contributed by atoms with Gasteiger partial charge in [-0.1, -0.05) is 66.1 Å². The number of benzene rings is 2. The molecule has 0 aliphatic heterocycles. The molecule has 0 spiro atoms. The Morgan fingerprint density at radius 2 is 1.62 bits per heavy atom. The van der Waals surface area contributed by atoms with Gasteiger partial charge in [0.15, 0.2) is 0 Å². The van der Waals surface area contributed by atoms with E-state index in [9.17, 15) is 4.79 Å². The molecular formula is C21H27NOS. The summed E-state index contributed by atoms with van der Waals surface area (Å²) < 4.78 is 0. The molecule has 0 aromatic heterocycles. The van der Waals surface area contributed by atoms with Gasteiger partial charge in [-0.25, -0.2) is 0 Å². The summed E-state index contributed by atoms with van der Waals surface area (Å²) in [5.74, 6) is 1.48. The number of carbonyl (C=O) groups excluding carboxylic acids is 1. The number of hydrogen-bond acceptors (Lipinski definition) is 2. The fourth-order valence-electron chi connectivity index (χ4n) is 2.87. The van der Waals surface area contributed by atoms with Gasteiger partial charge in [0.1, 0.15) is 0 Å². The van der Waals surface area contributed by atoms with Crippen LogP contribution in [0.3, 0.4) is 0 Å². The van der Waals surface area contributed by atoms with Crippen molar-refractivity contribution in [1.82, 2.24) is 5.32 Å².